The van der Waals surface area contributed by atoms with E-state index in [9.17, 15) is 9.59 Å². The van der Waals surface area contributed by atoms with Gasteiger partial charge in [-0.15, -0.1) is 11.3 Å². The lowest BCUT2D eigenvalue weighted by Gasteiger charge is -2.35. The zero-order chi connectivity index (χ0) is 25.2. The van der Waals surface area contributed by atoms with Crippen molar-refractivity contribution in [1.82, 2.24) is 14.8 Å². The fraction of sp³-hybridized carbons (Fsp3) is 0.346. The number of nitrogens with zero attached hydrogens (tertiary/aromatic N) is 4. The van der Waals surface area contributed by atoms with Crippen LogP contribution in [0.4, 0.5) is 5.69 Å². The number of thiazole rings is 1. The summed E-state index contributed by atoms with van der Waals surface area (Å²) in [5.74, 6) is -0.0302. The number of likely N-dealkylation sites (tertiary alicyclic amines) is 1. The average molecular weight is 545 g/mol. The van der Waals surface area contributed by atoms with E-state index in [0.29, 0.717) is 21.5 Å². The Morgan fingerprint density at radius 3 is 2.58 bits per heavy atom. The second-order valence-electron chi connectivity index (χ2n) is 9.02. The van der Waals surface area contributed by atoms with E-state index in [2.05, 4.69) is 34.1 Å². The van der Waals surface area contributed by atoms with E-state index in [4.69, 9.17) is 27.9 Å². The number of carbonyl (C=O) groups is 2. The SMILES string of the molecule is CN(C(=O)CN1C(=O)COc2cc(Cl)c(Cl)cc21)C(CN1CCCC1)c1ccc(-c2cncs2)cc1. The Morgan fingerprint density at radius 2 is 1.89 bits per heavy atom. The number of ether oxygens (including phenoxy) is 1. The molecule has 2 aliphatic heterocycles. The lowest BCUT2D eigenvalue weighted by Crippen LogP contribution is -2.47. The summed E-state index contributed by atoms with van der Waals surface area (Å²) in [4.78, 5) is 37.1. The Labute approximate surface area is 224 Å². The highest BCUT2D eigenvalue weighted by Crippen LogP contribution is 2.39. The van der Waals surface area contributed by atoms with Crippen molar-refractivity contribution in [2.75, 3.05) is 44.7 Å². The second kappa shape index (κ2) is 10.8. The molecule has 0 spiro atoms. The molecule has 3 heterocycles. The van der Waals surface area contributed by atoms with Gasteiger partial charge in [0.15, 0.2) is 6.61 Å². The summed E-state index contributed by atoms with van der Waals surface area (Å²) in [6.45, 7) is 2.51. The minimum atomic E-state index is -0.298. The quantitative estimate of drug-likeness (QED) is 0.412. The maximum absolute atomic E-state index is 13.6. The fourth-order valence-corrected chi connectivity index (χ4v) is 5.62. The van der Waals surface area contributed by atoms with Gasteiger partial charge in [-0.25, -0.2) is 0 Å². The average Bonchev–Trinajstić information content (AvgIpc) is 3.60. The van der Waals surface area contributed by atoms with Gasteiger partial charge < -0.3 is 14.5 Å². The van der Waals surface area contributed by atoms with Crippen LogP contribution in [0.3, 0.4) is 0 Å². The summed E-state index contributed by atoms with van der Waals surface area (Å²) in [6.07, 6.45) is 4.18. The Hall–Kier alpha value is -2.65. The summed E-state index contributed by atoms with van der Waals surface area (Å²) < 4.78 is 5.52. The molecule has 0 saturated carbocycles. The predicted molar refractivity (Wildman–Crippen MR) is 143 cm³/mol. The third kappa shape index (κ3) is 5.22. The molecular formula is C26H26Cl2N4O3S. The van der Waals surface area contributed by atoms with Crippen LogP contribution < -0.4 is 9.64 Å². The number of likely N-dealkylation sites (N-methyl/N-ethyl adjacent to an activating group) is 1. The first kappa shape index (κ1) is 25.0. The number of halogens is 2. The summed E-state index contributed by atoms with van der Waals surface area (Å²) in [5.41, 5.74) is 4.42. The van der Waals surface area contributed by atoms with Crippen molar-refractivity contribution in [2.45, 2.75) is 18.9 Å². The van der Waals surface area contributed by atoms with Crippen LogP contribution >= 0.6 is 34.5 Å². The lowest BCUT2D eigenvalue weighted by molar-refractivity contribution is -0.133. The molecule has 7 nitrogen and oxygen atoms in total. The molecule has 0 bridgehead atoms. The van der Waals surface area contributed by atoms with E-state index in [-0.39, 0.29) is 31.0 Å². The van der Waals surface area contributed by atoms with Gasteiger partial charge in [-0.1, -0.05) is 47.5 Å². The third-order valence-corrected chi connectivity index (χ3v) is 8.29. The molecule has 188 valence electrons. The number of hydrogen-bond donors (Lipinski definition) is 0. The maximum Gasteiger partial charge on any atom is 0.265 e. The molecule has 10 heteroatoms. The van der Waals surface area contributed by atoms with E-state index in [1.54, 1.807) is 35.4 Å². The van der Waals surface area contributed by atoms with Gasteiger partial charge in [-0.05, 0) is 43.1 Å². The van der Waals surface area contributed by atoms with Gasteiger partial charge in [0.1, 0.15) is 12.3 Å². The van der Waals surface area contributed by atoms with Crippen LogP contribution in [-0.4, -0.2) is 66.4 Å². The summed E-state index contributed by atoms with van der Waals surface area (Å²) in [6, 6.07) is 11.3. The van der Waals surface area contributed by atoms with Crippen molar-refractivity contribution in [3.63, 3.8) is 0 Å². The van der Waals surface area contributed by atoms with Gasteiger partial charge in [0.25, 0.3) is 5.91 Å². The molecule has 1 atom stereocenters. The molecule has 1 fully saturated rings. The summed E-state index contributed by atoms with van der Waals surface area (Å²) in [5, 5.41) is 0.632. The summed E-state index contributed by atoms with van der Waals surface area (Å²) >= 11 is 13.9. The number of amides is 2. The van der Waals surface area contributed by atoms with Crippen LogP contribution in [0, 0.1) is 0 Å². The van der Waals surface area contributed by atoms with Gasteiger partial charge >= 0.3 is 0 Å². The van der Waals surface area contributed by atoms with Crippen molar-refractivity contribution in [3.05, 3.63) is 63.7 Å². The molecule has 3 aromatic rings. The molecule has 1 saturated heterocycles. The summed E-state index contributed by atoms with van der Waals surface area (Å²) in [7, 11) is 1.81. The number of hydrogen-bond acceptors (Lipinski definition) is 6. The van der Waals surface area contributed by atoms with Gasteiger partial charge in [-0.2, -0.15) is 0 Å². The van der Waals surface area contributed by atoms with E-state index in [0.717, 1.165) is 48.5 Å². The van der Waals surface area contributed by atoms with Crippen molar-refractivity contribution in [1.29, 1.82) is 0 Å². The van der Waals surface area contributed by atoms with Crippen molar-refractivity contribution < 1.29 is 14.3 Å². The normalized spacial score (nSPS) is 16.5. The van der Waals surface area contributed by atoms with Crippen LogP contribution in [0.15, 0.2) is 48.1 Å². The van der Waals surface area contributed by atoms with Crippen LogP contribution in [0.5, 0.6) is 5.75 Å². The fourth-order valence-electron chi connectivity index (χ4n) is 4.68. The van der Waals surface area contributed by atoms with E-state index in [1.165, 1.54) is 4.90 Å². The second-order valence-corrected chi connectivity index (χ2v) is 10.7. The van der Waals surface area contributed by atoms with E-state index in [1.807, 2.05) is 11.7 Å². The van der Waals surface area contributed by atoms with Crippen molar-refractivity contribution in [3.8, 4) is 16.2 Å². The Kier molecular flexibility index (Phi) is 7.48. The molecule has 2 aromatic carbocycles. The topological polar surface area (TPSA) is 66.0 Å². The van der Waals surface area contributed by atoms with E-state index < -0.39 is 0 Å². The zero-order valence-corrected chi connectivity index (χ0v) is 22.2. The Balaban J connectivity index is 1.39. The highest BCUT2D eigenvalue weighted by atomic mass is 35.5. The van der Waals surface area contributed by atoms with Gasteiger partial charge in [0, 0.05) is 25.9 Å². The first-order valence-corrected chi connectivity index (χ1v) is 13.4. The van der Waals surface area contributed by atoms with Crippen LogP contribution in [0.2, 0.25) is 10.0 Å². The van der Waals surface area contributed by atoms with Crippen LogP contribution in [0.25, 0.3) is 10.4 Å². The first-order chi connectivity index (χ1) is 17.4. The Bertz CT molecular complexity index is 1250. The van der Waals surface area contributed by atoms with Crippen LogP contribution in [-0.2, 0) is 9.59 Å². The number of rotatable bonds is 7. The molecule has 2 amide bonds. The molecular weight excluding hydrogens is 519 g/mol. The number of anilines is 1. The van der Waals surface area contributed by atoms with Gasteiger partial charge in [0.2, 0.25) is 5.91 Å². The van der Waals surface area contributed by atoms with Crippen molar-refractivity contribution >= 4 is 52.0 Å². The molecule has 36 heavy (non-hydrogen) atoms. The molecule has 1 aromatic heterocycles. The maximum atomic E-state index is 13.6. The molecule has 0 aliphatic carbocycles. The predicted octanol–water partition coefficient (Wildman–Crippen LogP) is 5.14. The minimum absolute atomic E-state index is 0.112. The third-order valence-electron chi connectivity index (χ3n) is 6.74. The molecule has 0 radical (unpaired) electrons. The molecule has 0 N–H and O–H groups in total. The standard InChI is InChI=1S/C26H26Cl2N4O3S/c1-30(25(33)14-32-21-10-19(27)20(28)11-23(21)35-15-26(32)34)22(13-31-8-2-3-9-31)17-4-6-18(7-5-17)24-12-29-16-36-24/h4-7,10-12,16,22H,2-3,8-9,13-15H2,1H3. The number of benzene rings is 2. The molecule has 1 unspecified atom stereocenters. The molecule has 2 aliphatic rings. The highest BCUT2D eigenvalue weighted by molar-refractivity contribution is 7.13. The van der Waals surface area contributed by atoms with Gasteiger partial charge in [0.05, 0.1) is 32.2 Å². The smallest absolute Gasteiger partial charge is 0.265 e. The Morgan fingerprint density at radius 1 is 1.17 bits per heavy atom. The lowest BCUT2D eigenvalue weighted by atomic mass is 10.0. The number of carbonyl (C=O) groups excluding carboxylic acids is 2. The van der Waals surface area contributed by atoms with Crippen molar-refractivity contribution in [2.24, 2.45) is 0 Å². The van der Waals surface area contributed by atoms with Crippen LogP contribution in [0.1, 0.15) is 24.4 Å². The van der Waals surface area contributed by atoms with E-state index >= 15 is 0 Å². The minimum Gasteiger partial charge on any atom is -0.482 e. The first-order valence-electron chi connectivity index (χ1n) is 11.8. The number of aromatic nitrogens is 1. The van der Waals surface area contributed by atoms with Gasteiger partial charge in [-0.3, -0.25) is 19.5 Å². The molecule has 5 rings (SSSR count). The zero-order valence-electron chi connectivity index (χ0n) is 19.8. The largest absolute Gasteiger partial charge is 0.482 e. The monoisotopic (exact) mass is 544 g/mol. The number of fused-ring (bicyclic) bond motifs is 1. The highest BCUT2D eigenvalue weighted by Gasteiger charge is 2.32.